The van der Waals surface area contributed by atoms with E-state index in [4.69, 9.17) is 0 Å². The van der Waals surface area contributed by atoms with Crippen LogP contribution in [0.3, 0.4) is 0 Å². The fraction of sp³-hybridized carbons (Fsp3) is 0. The average Bonchev–Trinajstić information content (AvgIpc) is 3.62. The van der Waals surface area contributed by atoms with Crippen LogP contribution in [0.2, 0.25) is 0 Å². The van der Waals surface area contributed by atoms with Crippen molar-refractivity contribution in [1.29, 1.82) is 0 Å². The van der Waals surface area contributed by atoms with Gasteiger partial charge in [0.05, 0.1) is 22.4 Å². The Morgan fingerprint density at radius 2 is 0.893 bits per heavy atom. The Morgan fingerprint density at radius 3 is 1.77 bits per heavy atom. The second-order valence-corrected chi connectivity index (χ2v) is 14.5. The Balaban J connectivity index is 1.12. The molecule has 0 amide bonds. The second kappa shape index (κ2) is 13.2. The van der Waals surface area contributed by atoms with E-state index in [9.17, 15) is 0 Å². The van der Waals surface area contributed by atoms with Crippen LogP contribution in [0.5, 0.6) is 0 Å². The lowest BCUT2D eigenvalue weighted by Gasteiger charge is -2.29. The van der Waals surface area contributed by atoms with Gasteiger partial charge in [0.25, 0.3) is 0 Å². The van der Waals surface area contributed by atoms with E-state index in [1.807, 2.05) is 0 Å². The van der Waals surface area contributed by atoms with Crippen molar-refractivity contribution in [1.82, 2.24) is 4.57 Å². The number of fused-ring (bicyclic) bond motifs is 7. The highest BCUT2D eigenvalue weighted by atomic mass is 15.1. The van der Waals surface area contributed by atoms with Gasteiger partial charge in [0.2, 0.25) is 0 Å². The summed E-state index contributed by atoms with van der Waals surface area (Å²) in [7, 11) is 0. The van der Waals surface area contributed by atoms with E-state index in [1.165, 1.54) is 76.4 Å². The normalized spacial score (nSPS) is 11.6. The molecule has 0 atom stereocenters. The Kier molecular flexibility index (Phi) is 7.53. The number of benzene rings is 10. The summed E-state index contributed by atoms with van der Waals surface area (Å²) in [4.78, 5) is 2.45. The zero-order valence-corrected chi connectivity index (χ0v) is 30.7. The maximum atomic E-state index is 2.45. The van der Waals surface area contributed by atoms with Crippen molar-refractivity contribution in [3.8, 4) is 27.9 Å². The van der Waals surface area contributed by atoms with Crippen molar-refractivity contribution in [2.75, 3.05) is 4.90 Å². The Hall–Kier alpha value is -7.42. The molecule has 0 spiro atoms. The maximum Gasteiger partial charge on any atom is 0.0547 e. The summed E-state index contributed by atoms with van der Waals surface area (Å²) in [6.45, 7) is 0. The predicted octanol–water partition coefficient (Wildman–Crippen LogP) is 15.0. The maximum absolute atomic E-state index is 2.45. The first-order chi connectivity index (χ1) is 27.8. The summed E-state index contributed by atoms with van der Waals surface area (Å²) >= 11 is 0. The minimum absolute atomic E-state index is 1.12. The third-order valence-corrected chi connectivity index (χ3v) is 11.3. The monoisotopic (exact) mass is 712 g/mol. The summed E-state index contributed by atoms with van der Waals surface area (Å²) in [6, 6.07) is 79.5. The lowest BCUT2D eigenvalue weighted by atomic mass is 9.94. The van der Waals surface area contributed by atoms with Gasteiger partial charge in [-0.3, -0.25) is 0 Å². The average molecular weight is 713 g/mol. The lowest BCUT2D eigenvalue weighted by molar-refractivity contribution is 1.18. The van der Waals surface area contributed by atoms with Gasteiger partial charge < -0.3 is 9.47 Å². The third-order valence-electron chi connectivity index (χ3n) is 11.3. The highest BCUT2D eigenvalue weighted by Gasteiger charge is 2.21. The number of para-hydroxylation sites is 3. The van der Waals surface area contributed by atoms with Gasteiger partial charge in [0, 0.05) is 33.1 Å². The molecule has 0 aliphatic rings. The van der Waals surface area contributed by atoms with Crippen molar-refractivity contribution in [3.05, 3.63) is 218 Å². The molecule has 0 N–H and O–H groups in total. The fourth-order valence-corrected chi connectivity index (χ4v) is 8.83. The van der Waals surface area contributed by atoms with Gasteiger partial charge in [-0.05, 0) is 98.2 Å². The zero-order chi connectivity index (χ0) is 37.0. The molecule has 2 heteroatoms. The first kappa shape index (κ1) is 32.0. The molecule has 1 heterocycles. The summed E-state index contributed by atoms with van der Waals surface area (Å²) < 4.78 is 2.39. The Morgan fingerprint density at radius 1 is 0.321 bits per heavy atom. The quantitative estimate of drug-likeness (QED) is 0.156. The molecular formula is C54H36N2. The van der Waals surface area contributed by atoms with Gasteiger partial charge in [0.15, 0.2) is 0 Å². The molecule has 0 aliphatic carbocycles. The molecule has 10 aromatic carbocycles. The first-order valence-corrected chi connectivity index (χ1v) is 19.3. The van der Waals surface area contributed by atoms with Crippen LogP contribution in [-0.2, 0) is 0 Å². The molecule has 56 heavy (non-hydrogen) atoms. The molecule has 0 aliphatic heterocycles. The molecule has 0 radical (unpaired) electrons. The molecule has 0 saturated heterocycles. The summed E-state index contributed by atoms with van der Waals surface area (Å²) in [6.07, 6.45) is 0. The highest BCUT2D eigenvalue weighted by Crippen LogP contribution is 2.46. The number of hydrogen-bond donors (Lipinski definition) is 0. The van der Waals surface area contributed by atoms with E-state index < -0.39 is 0 Å². The highest BCUT2D eigenvalue weighted by molar-refractivity contribution is 6.16. The number of rotatable bonds is 6. The summed E-state index contributed by atoms with van der Waals surface area (Å²) in [5.41, 5.74) is 11.7. The molecule has 1 aromatic heterocycles. The van der Waals surface area contributed by atoms with Crippen LogP contribution < -0.4 is 4.90 Å². The van der Waals surface area contributed by atoms with E-state index >= 15 is 0 Å². The molecule has 2 nitrogen and oxygen atoms in total. The topological polar surface area (TPSA) is 8.17 Å². The van der Waals surface area contributed by atoms with Crippen LogP contribution in [0.15, 0.2) is 218 Å². The van der Waals surface area contributed by atoms with Crippen molar-refractivity contribution < 1.29 is 0 Å². The molecule has 11 rings (SSSR count). The summed E-state index contributed by atoms with van der Waals surface area (Å²) in [5.74, 6) is 0. The van der Waals surface area contributed by atoms with Crippen molar-refractivity contribution in [2.45, 2.75) is 0 Å². The number of anilines is 3. The Labute approximate surface area is 325 Å². The van der Waals surface area contributed by atoms with Gasteiger partial charge in [-0.1, -0.05) is 164 Å². The fourth-order valence-electron chi connectivity index (χ4n) is 8.83. The van der Waals surface area contributed by atoms with Gasteiger partial charge in [0.1, 0.15) is 0 Å². The molecule has 0 unspecified atom stereocenters. The summed E-state index contributed by atoms with van der Waals surface area (Å²) in [5, 5.41) is 9.93. The second-order valence-electron chi connectivity index (χ2n) is 14.5. The zero-order valence-electron chi connectivity index (χ0n) is 30.7. The van der Waals surface area contributed by atoms with Gasteiger partial charge in [-0.2, -0.15) is 0 Å². The minimum Gasteiger partial charge on any atom is -0.309 e. The third kappa shape index (κ3) is 5.19. The van der Waals surface area contributed by atoms with Gasteiger partial charge in [-0.25, -0.2) is 0 Å². The van der Waals surface area contributed by atoms with E-state index in [-0.39, 0.29) is 0 Å². The van der Waals surface area contributed by atoms with E-state index in [1.54, 1.807) is 0 Å². The van der Waals surface area contributed by atoms with Crippen molar-refractivity contribution >= 4 is 71.2 Å². The van der Waals surface area contributed by atoms with E-state index in [0.29, 0.717) is 0 Å². The van der Waals surface area contributed by atoms with E-state index in [0.717, 1.165) is 22.7 Å². The van der Waals surface area contributed by atoms with Gasteiger partial charge in [-0.15, -0.1) is 0 Å². The van der Waals surface area contributed by atoms with Crippen molar-refractivity contribution in [3.63, 3.8) is 0 Å². The van der Waals surface area contributed by atoms with Crippen LogP contribution in [0.1, 0.15) is 0 Å². The molecule has 0 saturated carbocycles. The minimum atomic E-state index is 1.12. The first-order valence-electron chi connectivity index (χ1n) is 19.3. The molecule has 0 fully saturated rings. The lowest BCUT2D eigenvalue weighted by Crippen LogP contribution is -2.11. The molecular weight excluding hydrogens is 677 g/mol. The standard InChI is InChI=1S/C54H36N2/c1-2-20-42(21-3-1)55-52-28-11-9-25-49(52)54-48(26-14-30-53(54)55)40-19-12-18-39(35-40)47-24-8-10-27-50(47)56(51-29-13-17-37-15-5-7-23-46(37)51)43-33-34-45-41(36-43)32-31-38-16-4-6-22-44(38)45/h1-36H. The smallest absolute Gasteiger partial charge is 0.0547 e. The van der Waals surface area contributed by atoms with E-state index in [2.05, 4.69) is 228 Å². The van der Waals surface area contributed by atoms with Crippen LogP contribution in [0.25, 0.3) is 82.1 Å². The van der Waals surface area contributed by atoms with Gasteiger partial charge >= 0.3 is 0 Å². The van der Waals surface area contributed by atoms with Crippen LogP contribution in [-0.4, -0.2) is 4.57 Å². The van der Waals surface area contributed by atoms with Crippen LogP contribution in [0.4, 0.5) is 17.1 Å². The van der Waals surface area contributed by atoms with Crippen LogP contribution in [0, 0.1) is 0 Å². The largest absolute Gasteiger partial charge is 0.309 e. The number of aromatic nitrogens is 1. The number of nitrogens with zero attached hydrogens (tertiary/aromatic N) is 2. The Bertz CT molecular complexity index is 3260. The SMILES string of the molecule is c1ccc(-n2c3ccccc3c3c(-c4cccc(-c5ccccc5N(c5ccc6c(ccc7ccccc76)c5)c5cccc6ccccc56)c4)cccc32)cc1. The van der Waals surface area contributed by atoms with Crippen LogP contribution >= 0.6 is 0 Å². The predicted molar refractivity (Wildman–Crippen MR) is 239 cm³/mol. The number of hydrogen-bond acceptors (Lipinski definition) is 1. The molecule has 11 aromatic rings. The molecule has 262 valence electrons. The molecule has 0 bridgehead atoms. The van der Waals surface area contributed by atoms with Crippen molar-refractivity contribution in [2.24, 2.45) is 0 Å².